The lowest BCUT2D eigenvalue weighted by Gasteiger charge is -2.20. The number of hydrogen-bond acceptors (Lipinski definition) is 6. The molecule has 1 fully saturated rings. The predicted molar refractivity (Wildman–Crippen MR) is 85.7 cm³/mol. The molecule has 0 bridgehead atoms. The normalized spacial score (nSPS) is 19.5. The summed E-state index contributed by atoms with van der Waals surface area (Å²) in [5, 5.41) is 9.31. The second-order valence-corrected chi connectivity index (χ2v) is 5.60. The molecule has 2 rings (SSSR count). The van der Waals surface area contributed by atoms with Crippen molar-refractivity contribution in [3.05, 3.63) is 35.9 Å². The van der Waals surface area contributed by atoms with Gasteiger partial charge in [-0.3, -0.25) is 9.69 Å². The zero-order valence-electron chi connectivity index (χ0n) is 13.9. The van der Waals surface area contributed by atoms with Crippen LogP contribution < -0.4 is 0 Å². The second kappa shape index (κ2) is 9.03. The van der Waals surface area contributed by atoms with E-state index >= 15 is 0 Å². The lowest BCUT2D eigenvalue weighted by Crippen LogP contribution is -2.40. The van der Waals surface area contributed by atoms with Crippen LogP contribution in [0.3, 0.4) is 0 Å². The number of benzene rings is 1. The van der Waals surface area contributed by atoms with Crippen molar-refractivity contribution >= 4 is 18.0 Å². The Balaban J connectivity index is 1.87. The van der Waals surface area contributed by atoms with Crippen molar-refractivity contribution in [1.82, 2.24) is 4.90 Å². The Bertz CT molecular complexity index is 604. The van der Waals surface area contributed by atoms with E-state index in [4.69, 9.17) is 9.47 Å². The molecule has 0 spiro atoms. The summed E-state index contributed by atoms with van der Waals surface area (Å²) in [7, 11) is 1.28. The fourth-order valence-electron chi connectivity index (χ4n) is 2.57. The minimum Gasteiger partial charge on any atom is -0.480 e. The van der Waals surface area contributed by atoms with E-state index in [1.165, 1.54) is 7.11 Å². The van der Waals surface area contributed by atoms with Crippen molar-refractivity contribution in [2.45, 2.75) is 31.6 Å². The third kappa shape index (κ3) is 5.46. The first-order valence-electron chi connectivity index (χ1n) is 7.89. The van der Waals surface area contributed by atoms with E-state index in [2.05, 4.69) is 4.74 Å². The van der Waals surface area contributed by atoms with Gasteiger partial charge in [-0.15, -0.1) is 0 Å². The van der Waals surface area contributed by atoms with E-state index in [0.29, 0.717) is 0 Å². The topological polar surface area (TPSA) is 102 Å². The van der Waals surface area contributed by atoms with Gasteiger partial charge in [-0.1, -0.05) is 30.3 Å². The molecule has 8 nitrogen and oxygen atoms in total. The van der Waals surface area contributed by atoms with Crippen LogP contribution >= 0.6 is 0 Å². The van der Waals surface area contributed by atoms with Crippen LogP contribution in [0.4, 0.5) is 4.79 Å². The Morgan fingerprint density at radius 3 is 2.60 bits per heavy atom. The SMILES string of the molecule is COC(=O)CCO[C@@H]1C[C@@H](C(=O)O)N(C(=O)OCc2ccccc2)C1. The molecule has 0 radical (unpaired) electrons. The Labute approximate surface area is 145 Å². The lowest BCUT2D eigenvalue weighted by atomic mass is 10.2. The van der Waals surface area contributed by atoms with E-state index < -0.39 is 30.2 Å². The third-order valence-electron chi connectivity index (χ3n) is 3.87. The molecule has 1 aliphatic rings. The average Bonchev–Trinajstić information content (AvgIpc) is 3.05. The Morgan fingerprint density at radius 1 is 1.24 bits per heavy atom. The van der Waals surface area contributed by atoms with Crippen LogP contribution in [0.2, 0.25) is 0 Å². The standard InChI is InChI=1S/C17H21NO7/c1-23-15(19)7-8-24-13-9-14(16(20)21)18(10-13)17(22)25-11-12-5-3-2-4-6-12/h2-6,13-14H,7-11H2,1H3,(H,20,21)/t13-,14+/m1/s1. The summed E-state index contributed by atoms with van der Waals surface area (Å²) >= 11 is 0. The number of carboxylic acid groups (broad SMARTS) is 1. The van der Waals surface area contributed by atoms with Gasteiger partial charge in [0.05, 0.1) is 32.8 Å². The van der Waals surface area contributed by atoms with E-state index in [1.54, 1.807) is 0 Å². The van der Waals surface area contributed by atoms with Gasteiger partial charge in [0, 0.05) is 6.42 Å². The number of ether oxygens (including phenoxy) is 3. The molecular formula is C17H21NO7. The molecule has 0 aromatic heterocycles. The number of nitrogens with zero attached hydrogens (tertiary/aromatic N) is 1. The largest absolute Gasteiger partial charge is 0.480 e. The molecule has 1 N–H and O–H groups in total. The Kier molecular flexibility index (Phi) is 6.76. The zero-order valence-corrected chi connectivity index (χ0v) is 13.9. The number of carboxylic acids is 1. The second-order valence-electron chi connectivity index (χ2n) is 5.60. The third-order valence-corrected chi connectivity index (χ3v) is 3.87. The lowest BCUT2D eigenvalue weighted by molar-refractivity contribution is -0.143. The minimum atomic E-state index is -1.12. The molecule has 1 aliphatic heterocycles. The number of rotatable bonds is 7. The highest BCUT2D eigenvalue weighted by molar-refractivity contribution is 5.81. The molecule has 0 saturated carbocycles. The van der Waals surface area contributed by atoms with E-state index in [9.17, 15) is 19.5 Å². The molecule has 2 atom stereocenters. The Hall–Kier alpha value is -2.61. The van der Waals surface area contributed by atoms with Gasteiger partial charge in [-0.2, -0.15) is 0 Å². The van der Waals surface area contributed by atoms with Gasteiger partial charge < -0.3 is 19.3 Å². The molecule has 8 heteroatoms. The minimum absolute atomic E-state index is 0.0659. The van der Waals surface area contributed by atoms with Gasteiger partial charge in [0.1, 0.15) is 12.6 Å². The molecule has 136 valence electrons. The molecule has 1 aromatic rings. The van der Waals surface area contributed by atoms with Gasteiger partial charge >= 0.3 is 18.0 Å². The van der Waals surface area contributed by atoms with Crippen molar-refractivity contribution in [2.75, 3.05) is 20.3 Å². The van der Waals surface area contributed by atoms with Crippen LogP contribution in [0.15, 0.2) is 30.3 Å². The average molecular weight is 351 g/mol. The molecule has 1 aromatic carbocycles. The highest BCUT2D eigenvalue weighted by atomic mass is 16.6. The number of methoxy groups -OCH3 is 1. The maximum absolute atomic E-state index is 12.2. The fraction of sp³-hybridized carbons (Fsp3) is 0.471. The first-order valence-corrected chi connectivity index (χ1v) is 7.89. The van der Waals surface area contributed by atoms with Gasteiger partial charge in [-0.25, -0.2) is 9.59 Å². The van der Waals surface area contributed by atoms with Crippen LogP contribution in [0.1, 0.15) is 18.4 Å². The zero-order chi connectivity index (χ0) is 18.2. The number of esters is 1. The van der Waals surface area contributed by atoms with E-state index in [1.807, 2.05) is 30.3 Å². The van der Waals surface area contributed by atoms with Gasteiger partial charge in [0.25, 0.3) is 0 Å². The maximum atomic E-state index is 12.2. The first kappa shape index (κ1) is 18.7. The van der Waals surface area contributed by atoms with Crippen LogP contribution in [-0.4, -0.2) is 60.4 Å². The Morgan fingerprint density at radius 2 is 1.96 bits per heavy atom. The molecule has 1 amide bonds. The summed E-state index contributed by atoms with van der Waals surface area (Å²) in [5.74, 6) is -1.53. The summed E-state index contributed by atoms with van der Waals surface area (Å²) in [5.41, 5.74) is 0.813. The molecule has 1 saturated heterocycles. The first-order chi connectivity index (χ1) is 12.0. The number of carbonyl (C=O) groups excluding carboxylic acids is 2. The number of amides is 1. The van der Waals surface area contributed by atoms with E-state index in [-0.39, 0.29) is 32.6 Å². The number of hydrogen-bond donors (Lipinski definition) is 1. The van der Waals surface area contributed by atoms with E-state index in [0.717, 1.165) is 10.5 Å². The number of aliphatic carboxylic acids is 1. The van der Waals surface area contributed by atoms with Crippen molar-refractivity contribution in [3.8, 4) is 0 Å². The summed E-state index contributed by atoms with van der Waals surface area (Å²) in [6.07, 6.45) is -0.939. The molecular weight excluding hydrogens is 330 g/mol. The van der Waals surface area contributed by atoms with Crippen molar-refractivity contribution in [3.63, 3.8) is 0 Å². The van der Waals surface area contributed by atoms with Crippen LogP contribution in [0.25, 0.3) is 0 Å². The number of likely N-dealkylation sites (tertiary alicyclic amines) is 1. The smallest absolute Gasteiger partial charge is 0.410 e. The molecule has 1 heterocycles. The predicted octanol–water partition coefficient (Wildman–Crippen LogP) is 1.43. The molecule has 0 aliphatic carbocycles. The fourth-order valence-corrected chi connectivity index (χ4v) is 2.57. The number of carbonyl (C=O) groups is 3. The van der Waals surface area contributed by atoms with Crippen molar-refractivity contribution < 1.29 is 33.7 Å². The van der Waals surface area contributed by atoms with Gasteiger partial charge in [0.2, 0.25) is 0 Å². The quantitative estimate of drug-likeness (QED) is 0.741. The summed E-state index contributed by atoms with van der Waals surface area (Å²) < 4.78 is 15.2. The molecule has 0 unspecified atom stereocenters. The maximum Gasteiger partial charge on any atom is 0.410 e. The van der Waals surface area contributed by atoms with Crippen LogP contribution in [-0.2, 0) is 30.4 Å². The summed E-state index contributed by atoms with van der Waals surface area (Å²) in [6, 6.07) is 8.11. The van der Waals surface area contributed by atoms with Crippen molar-refractivity contribution in [1.29, 1.82) is 0 Å². The highest BCUT2D eigenvalue weighted by Crippen LogP contribution is 2.22. The summed E-state index contributed by atoms with van der Waals surface area (Å²) in [6.45, 7) is 0.277. The molecule has 25 heavy (non-hydrogen) atoms. The van der Waals surface area contributed by atoms with Crippen LogP contribution in [0, 0.1) is 0 Å². The summed E-state index contributed by atoms with van der Waals surface area (Å²) in [4.78, 5) is 35.8. The monoisotopic (exact) mass is 351 g/mol. The van der Waals surface area contributed by atoms with Gasteiger partial charge in [-0.05, 0) is 5.56 Å². The highest BCUT2D eigenvalue weighted by Gasteiger charge is 2.41. The van der Waals surface area contributed by atoms with Gasteiger partial charge in [0.15, 0.2) is 0 Å². The van der Waals surface area contributed by atoms with Crippen LogP contribution in [0.5, 0.6) is 0 Å². The van der Waals surface area contributed by atoms with Crippen molar-refractivity contribution in [2.24, 2.45) is 0 Å².